The molecule has 39 heavy (non-hydrogen) atoms. The first-order chi connectivity index (χ1) is 18.5. The molecule has 1 N–H and O–H groups in total. The molecule has 0 aliphatic rings. The molecule has 0 aliphatic heterocycles. The molecule has 7 nitrogen and oxygen atoms in total. The fourth-order valence-electron chi connectivity index (χ4n) is 4.40. The van der Waals surface area contributed by atoms with Gasteiger partial charge in [-0.3, -0.25) is 13.9 Å². The summed E-state index contributed by atoms with van der Waals surface area (Å²) >= 11 is 0. The van der Waals surface area contributed by atoms with E-state index < -0.39 is 28.5 Å². The molecular weight excluding hydrogens is 510 g/mol. The molecule has 0 saturated heterocycles. The van der Waals surface area contributed by atoms with E-state index in [1.165, 1.54) is 4.90 Å². The molecule has 0 spiro atoms. The monoisotopic (exact) mass is 549 g/mol. The highest BCUT2D eigenvalue weighted by atomic mass is 32.2. The Kier molecular flexibility index (Phi) is 10.3. The number of rotatable bonds is 12. The van der Waals surface area contributed by atoms with Crippen LogP contribution < -0.4 is 9.62 Å². The van der Waals surface area contributed by atoms with Crippen molar-refractivity contribution in [2.75, 3.05) is 17.1 Å². The van der Waals surface area contributed by atoms with Crippen LogP contribution in [-0.4, -0.2) is 50.0 Å². The SMILES string of the molecule is CC[C@H](C)NC(=O)[C@H](Cc1ccccc1)N(Cc1cccc(C)c1)C(=O)CN(c1cccc(C)c1)S(C)(=O)=O. The van der Waals surface area contributed by atoms with Crippen molar-refractivity contribution >= 4 is 27.5 Å². The topological polar surface area (TPSA) is 86.8 Å². The van der Waals surface area contributed by atoms with Crippen LogP contribution in [0.5, 0.6) is 0 Å². The molecule has 0 unspecified atom stereocenters. The van der Waals surface area contributed by atoms with Gasteiger partial charge in [-0.1, -0.05) is 79.2 Å². The van der Waals surface area contributed by atoms with Gasteiger partial charge in [-0.05, 0) is 56.0 Å². The van der Waals surface area contributed by atoms with Crippen molar-refractivity contribution in [3.05, 3.63) is 101 Å². The van der Waals surface area contributed by atoms with Gasteiger partial charge in [0.15, 0.2) is 0 Å². The normalized spacial score (nSPS) is 12.8. The first-order valence-electron chi connectivity index (χ1n) is 13.2. The van der Waals surface area contributed by atoms with Gasteiger partial charge >= 0.3 is 0 Å². The van der Waals surface area contributed by atoms with Crippen LogP contribution in [0.15, 0.2) is 78.9 Å². The Labute approximate surface area is 232 Å². The average molecular weight is 550 g/mol. The molecule has 0 fully saturated rings. The number of hydrogen-bond acceptors (Lipinski definition) is 4. The van der Waals surface area contributed by atoms with Crippen LogP contribution in [0.3, 0.4) is 0 Å². The van der Waals surface area contributed by atoms with Crippen molar-refractivity contribution in [1.29, 1.82) is 0 Å². The number of carbonyl (C=O) groups excluding carboxylic acids is 2. The number of amides is 2. The van der Waals surface area contributed by atoms with Crippen LogP contribution in [0.25, 0.3) is 0 Å². The molecule has 3 aromatic carbocycles. The van der Waals surface area contributed by atoms with Crippen molar-refractivity contribution in [3.8, 4) is 0 Å². The van der Waals surface area contributed by atoms with E-state index in [9.17, 15) is 18.0 Å². The standard InChI is InChI=1S/C31H39N3O4S/c1-6-25(4)32-31(36)29(20-26-14-8-7-9-15-26)33(21-27-16-10-12-23(2)18-27)30(35)22-34(39(5,37)38)28-17-11-13-24(3)19-28/h7-19,25,29H,6,20-22H2,1-5H3,(H,32,36)/t25-,29-/m0/s1. The van der Waals surface area contributed by atoms with E-state index in [1.54, 1.807) is 18.2 Å². The summed E-state index contributed by atoms with van der Waals surface area (Å²) in [6.07, 6.45) is 2.12. The third-order valence-corrected chi connectivity index (χ3v) is 7.82. The summed E-state index contributed by atoms with van der Waals surface area (Å²) in [6.45, 7) is 7.49. The zero-order chi connectivity index (χ0) is 28.6. The lowest BCUT2D eigenvalue weighted by atomic mass is 10.0. The molecule has 8 heteroatoms. The van der Waals surface area contributed by atoms with E-state index in [4.69, 9.17) is 0 Å². The number of benzene rings is 3. The highest BCUT2D eigenvalue weighted by molar-refractivity contribution is 7.92. The maximum absolute atomic E-state index is 14.1. The summed E-state index contributed by atoms with van der Waals surface area (Å²) in [6, 6.07) is 23.4. The number of nitrogens with zero attached hydrogens (tertiary/aromatic N) is 2. The maximum atomic E-state index is 14.1. The van der Waals surface area contributed by atoms with Gasteiger partial charge in [0.25, 0.3) is 0 Å². The molecule has 0 aliphatic carbocycles. The predicted octanol–water partition coefficient (Wildman–Crippen LogP) is 4.62. The van der Waals surface area contributed by atoms with Gasteiger partial charge in [0, 0.05) is 19.0 Å². The van der Waals surface area contributed by atoms with Gasteiger partial charge in [-0.25, -0.2) is 8.42 Å². The zero-order valence-electron chi connectivity index (χ0n) is 23.4. The van der Waals surface area contributed by atoms with Gasteiger partial charge in [-0.15, -0.1) is 0 Å². The molecular formula is C31H39N3O4S. The number of anilines is 1. The molecule has 0 saturated carbocycles. The Balaban J connectivity index is 2.06. The van der Waals surface area contributed by atoms with E-state index in [1.807, 2.05) is 88.4 Å². The van der Waals surface area contributed by atoms with E-state index in [-0.39, 0.29) is 18.5 Å². The second kappa shape index (κ2) is 13.4. The number of sulfonamides is 1. The summed E-state index contributed by atoms with van der Waals surface area (Å²) in [7, 11) is -3.79. The number of hydrogen-bond donors (Lipinski definition) is 1. The highest BCUT2D eigenvalue weighted by Gasteiger charge is 2.33. The number of nitrogens with one attached hydrogen (secondary N) is 1. The van der Waals surface area contributed by atoms with Crippen molar-refractivity contribution < 1.29 is 18.0 Å². The minimum absolute atomic E-state index is 0.0773. The van der Waals surface area contributed by atoms with Gasteiger partial charge in [0.2, 0.25) is 21.8 Å². The van der Waals surface area contributed by atoms with Crippen LogP contribution in [-0.2, 0) is 32.6 Å². The summed E-state index contributed by atoms with van der Waals surface area (Å²) in [4.78, 5) is 29.3. The van der Waals surface area contributed by atoms with Gasteiger partial charge in [0.05, 0.1) is 11.9 Å². The molecule has 3 rings (SSSR count). The molecule has 208 valence electrons. The zero-order valence-corrected chi connectivity index (χ0v) is 24.2. The lowest BCUT2D eigenvalue weighted by Gasteiger charge is -2.34. The van der Waals surface area contributed by atoms with Gasteiger partial charge in [0.1, 0.15) is 12.6 Å². The Morgan fingerprint density at radius 3 is 2.08 bits per heavy atom. The summed E-state index contributed by atoms with van der Waals surface area (Å²) in [5.74, 6) is -0.723. The summed E-state index contributed by atoms with van der Waals surface area (Å²) in [5, 5.41) is 3.04. The molecule has 0 aromatic heterocycles. The quantitative estimate of drug-likeness (QED) is 0.357. The Hall–Kier alpha value is -3.65. The van der Waals surface area contributed by atoms with Crippen molar-refractivity contribution in [2.45, 2.75) is 59.2 Å². The van der Waals surface area contributed by atoms with Crippen LogP contribution in [0.1, 0.15) is 42.5 Å². The van der Waals surface area contributed by atoms with E-state index in [0.29, 0.717) is 12.1 Å². The lowest BCUT2D eigenvalue weighted by Crippen LogP contribution is -2.54. The Morgan fingerprint density at radius 1 is 0.872 bits per heavy atom. The Bertz CT molecular complexity index is 1380. The fourth-order valence-corrected chi connectivity index (χ4v) is 5.24. The van der Waals surface area contributed by atoms with Crippen LogP contribution in [0.4, 0.5) is 5.69 Å². The fraction of sp³-hybridized carbons (Fsp3) is 0.355. The van der Waals surface area contributed by atoms with Crippen molar-refractivity contribution in [3.63, 3.8) is 0 Å². The van der Waals surface area contributed by atoms with Gasteiger partial charge in [-0.2, -0.15) is 0 Å². The Morgan fingerprint density at radius 2 is 1.49 bits per heavy atom. The molecule has 2 amide bonds. The predicted molar refractivity (Wildman–Crippen MR) is 157 cm³/mol. The second-order valence-corrected chi connectivity index (χ2v) is 12.0. The largest absolute Gasteiger partial charge is 0.352 e. The van der Waals surface area contributed by atoms with Crippen LogP contribution in [0, 0.1) is 13.8 Å². The minimum atomic E-state index is -3.79. The van der Waals surface area contributed by atoms with Crippen molar-refractivity contribution in [1.82, 2.24) is 10.2 Å². The second-order valence-electron chi connectivity index (χ2n) is 10.1. The molecule has 2 atom stereocenters. The van der Waals surface area contributed by atoms with Crippen molar-refractivity contribution in [2.24, 2.45) is 0 Å². The minimum Gasteiger partial charge on any atom is -0.352 e. The average Bonchev–Trinajstić information content (AvgIpc) is 2.89. The molecule has 0 radical (unpaired) electrons. The smallest absolute Gasteiger partial charge is 0.244 e. The van der Waals surface area contributed by atoms with Crippen LogP contribution in [0.2, 0.25) is 0 Å². The lowest BCUT2D eigenvalue weighted by molar-refractivity contribution is -0.140. The molecule has 0 heterocycles. The van der Waals surface area contributed by atoms with E-state index in [2.05, 4.69) is 5.32 Å². The summed E-state index contributed by atoms with van der Waals surface area (Å²) in [5.41, 5.74) is 4.08. The van der Waals surface area contributed by atoms with E-state index in [0.717, 1.165) is 39.2 Å². The van der Waals surface area contributed by atoms with Crippen LogP contribution >= 0.6 is 0 Å². The molecule has 3 aromatic rings. The highest BCUT2D eigenvalue weighted by Crippen LogP contribution is 2.21. The third-order valence-electron chi connectivity index (χ3n) is 6.68. The van der Waals surface area contributed by atoms with E-state index >= 15 is 0 Å². The molecule has 0 bridgehead atoms. The maximum Gasteiger partial charge on any atom is 0.244 e. The number of carbonyl (C=O) groups is 2. The van der Waals surface area contributed by atoms with Gasteiger partial charge < -0.3 is 10.2 Å². The summed E-state index contributed by atoms with van der Waals surface area (Å²) < 4.78 is 26.8. The first-order valence-corrected chi connectivity index (χ1v) is 15.1. The number of aryl methyl sites for hydroxylation is 2. The third kappa shape index (κ3) is 8.68. The first kappa shape index (κ1) is 29.9.